The zero-order valence-corrected chi connectivity index (χ0v) is 12.8. The van der Waals surface area contributed by atoms with Gasteiger partial charge in [0.15, 0.2) is 0 Å². The summed E-state index contributed by atoms with van der Waals surface area (Å²) in [5.74, 6) is -0.372. The van der Waals surface area contributed by atoms with Crippen LogP contribution in [0.25, 0.3) is 0 Å². The van der Waals surface area contributed by atoms with Crippen molar-refractivity contribution < 1.29 is 23.5 Å². The first-order valence-corrected chi connectivity index (χ1v) is 7.25. The standard InChI is InChI=1S/C15H20FN3O4/c1-19(15(17)21)8-14(20)18-12-5-6-22-9-13(12)23-11-4-2-3-10(16)7-11/h2-4,7,12-13H,5-6,8-9H2,1H3,(H2,17,21)(H,18,20)/t12-,13-/m1/s1. The predicted molar refractivity (Wildman–Crippen MR) is 80.4 cm³/mol. The molecule has 0 aliphatic carbocycles. The lowest BCUT2D eigenvalue weighted by Gasteiger charge is -2.32. The van der Waals surface area contributed by atoms with Gasteiger partial charge < -0.3 is 25.4 Å². The molecular formula is C15H20FN3O4. The van der Waals surface area contributed by atoms with Gasteiger partial charge in [-0.1, -0.05) is 6.07 Å². The monoisotopic (exact) mass is 325 g/mol. The molecule has 23 heavy (non-hydrogen) atoms. The summed E-state index contributed by atoms with van der Waals surface area (Å²) in [6.45, 7) is 0.631. The highest BCUT2D eigenvalue weighted by molar-refractivity contribution is 5.83. The zero-order chi connectivity index (χ0) is 16.8. The highest BCUT2D eigenvalue weighted by atomic mass is 19.1. The number of carbonyl (C=O) groups excluding carboxylic acids is 2. The van der Waals surface area contributed by atoms with Crippen molar-refractivity contribution in [3.63, 3.8) is 0 Å². The van der Waals surface area contributed by atoms with Crippen LogP contribution in [-0.2, 0) is 9.53 Å². The van der Waals surface area contributed by atoms with E-state index in [1.165, 1.54) is 19.2 Å². The first kappa shape index (κ1) is 17.0. The number of amides is 3. The molecule has 3 amide bonds. The van der Waals surface area contributed by atoms with Gasteiger partial charge in [0.05, 0.1) is 12.6 Å². The average molecular weight is 325 g/mol. The molecule has 2 atom stereocenters. The smallest absolute Gasteiger partial charge is 0.314 e. The first-order valence-electron chi connectivity index (χ1n) is 7.25. The maximum atomic E-state index is 13.2. The zero-order valence-electron chi connectivity index (χ0n) is 12.8. The molecule has 0 bridgehead atoms. The molecule has 7 nitrogen and oxygen atoms in total. The van der Waals surface area contributed by atoms with E-state index in [4.69, 9.17) is 15.2 Å². The molecule has 2 rings (SSSR count). The Morgan fingerprint density at radius 3 is 3.00 bits per heavy atom. The van der Waals surface area contributed by atoms with Crippen molar-refractivity contribution in [1.82, 2.24) is 10.2 Å². The van der Waals surface area contributed by atoms with E-state index in [1.807, 2.05) is 0 Å². The van der Waals surface area contributed by atoms with Crippen LogP contribution >= 0.6 is 0 Å². The number of carbonyl (C=O) groups is 2. The van der Waals surface area contributed by atoms with Gasteiger partial charge in [-0.05, 0) is 18.6 Å². The third kappa shape index (κ3) is 5.10. The Morgan fingerprint density at radius 1 is 1.52 bits per heavy atom. The Balaban J connectivity index is 1.95. The maximum Gasteiger partial charge on any atom is 0.314 e. The molecule has 0 spiro atoms. The fourth-order valence-corrected chi connectivity index (χ4v) is 2.25. The van der Waals surface area contributed by atoms with Gasteiger partial charge in [0.1, 0.15) is 24.2 Å². The number of rotatable bonds is 5. The van der Waals surface area contributed by atoms with Crippen molar-refractivity contribution in [1.29, 1.82) is 0 Å². The highest BCUT2D eigenvalue weighted by Crippen LogP contribution is 2.18. The van der Waals surface area contributed by atoms with Crippen LogP contribution in [0.2, 0.25) is 0 Å². The molecule has 0 aromatic heterocycles. The van der Waals surface area contributed by atoms with E-state index in [0.29, 0.717) is 18.8 Å². The van der Waals surface area contributed by atoms with Crippen molar-refractivity contribution in [3.8, 4) is 5.75 Å². The molecule has 1 aromatic carbocycles. The largest absolute Gasteiger partial charge is 0.486 e. The summed E-state index contributed by atoms with van der Waals surface area (Å²) in [7, 11) is 1.44. The fraction of sp³-hybridized carbons (Fsp3) is 0.467. The van der Waals surface area contributed by atoms with Gasteiger partial charge >= 0.3 is 6.03 Å². The Kier molecular flexibility index (Phi) is 5.75. The van der Waals surface area contributed by atoms with E-state index in [1.54, 1.807) is 12.1 Å². The van der Waals surface area contributed by atoms with Crippen LogP contribution in [0, 0.1) is 5.82 Å². The summed E-state index contributed by atoms with van der Waals surface area (Å²) in [6.07, 6.45) is 0.125. The van der Waals surface area contributed by atoms with Gasteiger partial charge in [-0.15, -0.1) is 0 Å². The van der Waals surface area contributed by atoms with Gasteiger partial charge in [0.25, 0.3) is 0 Å². The van der Waals surface area contributed by atoms with Crippen LogP contribution in [-0.4, -0.2) is 55.8 Å². The minimum Gasteiger partial charge on any atom is -0.486 e. The summed E-state index contributed by atoms with van der Waals surface area (Å²) >= 11 is 0. The molecule has 126 valence electrons. The number of hydrogen-bond donors (Lipinski definition) is 2. The lowest BCUT2D eigenvalue weighted by Crippen LogP contribution is -2.53. The van der Waals surface area contributed by atoms with Crippen LogP contribution in [0.1, 0.15) is 6.42 Å². The molecule has 1 heterocycles. The summed E-state index contributed by atoms with van der Waals surface area (Å²) < 4.78 is 24.3. The van der Waals surface area contributed by atoms with E-state index in [2.05, 4.69) is 5.32 Å². The second-order valence-corrected chi connectivity index (χ2v) is 5.35. The number of nitrogens with two attached hydrogens (primary N) is 1. The van der Waals surface area contributed by atoms with E-state index < -0.39 is 18.0 Å². The van der Waals surface area contributed by atoms with Crippen LogP contribution in [0.15, 0.2) is 24.3 Å². The SMILES string of the molecule is CN(CC(=O)N[C@@H]1CCOC[C@H]1Oc1cccc(F)c1)C(N)=O. The van der Waals surface area contributed by atoms with E-state index in [9.17, 15) is 14.0 Å². The number of nitrogens with zero attached hydrogens (tertiary/aromatic N) is 1. The summed E-state index contributed by atoms with van der Waals surface area (Å²) in [6, 6.07) is 4.80. The van der Waals surface area contributed by atoms with E-state index in [-0.39, 0.29) is 25.1 Å². The highest BCUT2D eigenvalue weighted by Gasteiger charge is 2.29. The molecule has 8 heteroatoms. The molecule has 0 saturated carbocycles. The third-order valence-corrected chi connectivity index (χ3v) is 3.49. The molecule has 1 aliphatic heterocycles. The number of halogens is 1. The number of benzene rings is 1. The average Bonchev–Trinajstić information content (AvgIpc) is 2.49. The van der Waals surface area contributed by atoms with Gasteiger partial charge in [0.2, 0.25) is 5.91 Å². The topological polar surface area (TPSA) is 93.9 Å². The Morgan fingerprint density at radius 2 is 2.30 bits per heavy atom. The van der Waals surface area contributed by atoms with Gasteiger partial charge in [-0.25, -0.2) is 9.18 Å². The van der Waals surface area contributed by atoms with Crippen molar-refractivity contribution in [2.45, 2.75) is 18.6 Å². The van der Waals surface area contributed by atoms with Crippen LogP contribution in [0.4, 0.5) is 9.18 Å². The molecule has 3 N–H and O–H groups in total. The molecule has 1 aromatic rings. The number of nitrogens with one attached hydrogen (secondary N) is 1. The van der Waals surface area contributed by atoms with Crippen molar-refractivity contribution in [3.05, 3.63) is 30.1 Å². The van der Waals surface area contributed by atoms with Gasteiger partial charge in [0, 0.05) is 19.7 Å². The minimum absolute atomic E-state index is 0.140. The second-order valence-electron chi connectivity index (χ2n) is 5.35. The van der Waals surface area contributed by atoms with E-state index >= 15 is 0 Å². The number of primary amides is 1. The van der Waals surface area contributed by atoms with E-state index in [0.717, 1.165) is 4.90 Å². The van der Waals surface area contributed by atoms with Crippen LogP contribution in [0.5, 0.6) is 5.75 Å². The van der Waals surface area contributed by atoms with Gasteiger partial charge in [-0.3, -0.25) is 4.79 Å². The minimum atomic E-state index is -0.681. The molecule has 1 aliphatic rings. The molecular weight excluding hydrogens is 305 g/mol. The Labute approximate surface area is 133 Å². The quantitative estimate of drug-likeness (QED) is 0.824. The summed E-state index contributed by atoms with van der Waals surface area (Å²) in [4.78, 5) is 24.0. The van der Waals surface area contributed by atoms with Crippen molar-refractivity contribution in [2.75, 3.05) is 26.8 Å². The summed E-state index contributed by atoms with van der Waals surface area (Å²) in [5, 5.41) is 2.80. The Bertz CT molecular complexity index is 569. The molecule has 0 radical (unpaired) electrons. The maximum absolute atomic E-state index is 13.2. The third-order valence-electron chi connectivity index (χ3n) is 3.49. The Hall–Kier alpha value is -2.35. The number of likely N-dealkylation sites (N-methyl/N-ethyl adjacent to an activating group) is 1. The van der Waals surface area contributed by atoms with Crippen LogP contribution < -0.4 is 15.8 Å². The number of ether oxygens (including phenoxy) is 2. The second kappa shape index (κ2) is 7.77. The molecule has 0 unspecified atom stereocenters. The molecule has 1 saturated heterocycles. The number of urea groups is 1. The number of hydrogen-bond acceptors (Lipinski definition) is 4. The predicted octanol–water partition coefficient (Wildman–Crippen LogP) is 0.489. The lowest BCUT2D eigenvalue weighted by atomic mass is 10.1. The normalized spacial score (nSPS) is 20.6. The van der Waals surface area contributed by atoms with Crippen LogP contribution in [0.3, 0.4) is 0 Å². The van der Waals surface area contributed by atoms with Crippen molar-refractivity contribution in [2.24, 2.45) is 5.73 Å². The van der Waals surface area contributed by atoms with Crippen molar-refractivity contribution >= 4 is 11.9 Å². The summed E-state index contributed by atoms with van der Waals surface area (Å²) in [5.41, 5.74) is 5.09. The fourth-order valence-electron chi connectivity index (χ4n) is 2.25. The van der Waals surface area contributed by atoms with Gasteiger partial charge in [-0.2, -0.15) is 0 Å². The molecule has 1 fully saturated rings. The first-order chi connectivity index (χ1) is 11.0. The lowest BCUT2D eigenvalue weighted by molar-refractivity contribution is -0.124.